The van der Waals surface area contributed by atoms with Crippen LogP contribution in [0.2, 0.25) is 0 Å². The van der Waals surface area contributed by atoms with Gasteiger partial charge < -0.3 is 9.80 Å². The van der Waals surface area contributed by atoms with Gasteiger partial charge in [-0.1, -0.05) is 30.3 Å². The molecule has 0 spiro atoms. The van der Waals surface area contributed by atoms with Gasteiger partial charge >= 0.3 is 0 Å². The van der Waals surface area contributed by atoms with E-state index in [0.29, 0.717) is 32.6 Å². The van der Waals surface area contributed by atoms with E-state index in [4.69, 9.17) is 0 Å². The van der Waals surface area contributed by atoms with E-state index in [0.717, 1.165) is 28.3 Å². The molecular formula is C25H27N5O3S. The Morgan fingerprint density at radius 2 is 1.71 bits per heavy atom. The third kappa shape index (κ3) is 4.05. The molecule has 9 heteroatoms. The van der Waals surface area contributed by atoms with Crippen molar-refractivity contribution < 1.29 is 13.2 Å². The third-order valence-corrected chi connectivity index (χ3v) is 8.42. The van der Waals surface area contributed by atoms with Gasteiger partial charge in [0.05, 0.1) is 10.6 Å². The topological polar surface area (TPSA) is 86.7 Å². The monoisotopic (exact) mass is 477 g/mol. The molecule has 2 aliphatic rings. The number of fused-ring (bicyclic) bond motifs is 1. The molecule has 2 aliphatic heterocycles. The predicted molar refractivity (Wildman–Crippen MR) is 131 cm³/mol. The van der Waals surface area contributed by atoms with Crippen LogP contribution in [0.3, 0.4) is 0 Å². The largest absolute Gasteiger partial charge is 0.354 e. The highest BCUT2D eigenvalue weighted by molar-refractivity contribution is 7.89. The molecule has 1 amide bonds. The summed E-state index contributed by atoms with van der Waals surface area (Å²) >= 11 is 0. The van der Waals surface area contributed by atoms with Gasteiger partial charge in [-0.15, -0.1) is 0 Å². The summed E-state index contributed by atoms with van der Waals surface area (Å²) in [6.07, 6.45) is 2.21. The summed E-state index contributed by atoms with van der Waals surface area (Å²) in [5.74, 6) is 0.764. The summed E-state index contributed by atoms with van der Waals surface area (Å²) in [4.78, 5) is 24.9. The van der Waals surface area contributed by atoms with Crippen LogP contribution >= 0.6 is 0 Å². The molecule has 1 saturated heterocycles. The summed E-state index contributed by atoms with van der Waals surface area (Å²) < 4.78 is 28.3. The molecule has 1 atom stereocenters. The van der Waals surface area contributed by atoms with Crippen molar-refractivity contribution in [3.63, 3.8) is 0 Å². The number of benzene rings is 2. The van der Waals surface area contributed by atoms with Crippen LogP contribution < -0.4 is 9.80 Å². The lowest BCUT2D eigenvalue weighted by atomic mass is 10.1. The molecule has 1 unspecified atom stereocenters. The van der Waals surface area contributed by atoms with E-state index in [1.807, 2.05) is 43.3 Å². The highest BCUT2D eigenvalue weighted by Crippen LogP contribution is 2.34. The average molecular weight is 478 g/mol. The van der Waals surface area contributed by atoms with E-state index >= 15 is 0 Å². The maximum absolute atomic E-state index is 13.4. The minimum absolute atomic E-state index is 0.0295. The smallest absolute Gasteiger partial charge is 0.243 e. The van der Waals surface area contributed by atoms with Crippen LogP contribution in [0.4, 0.5) is 11.5 Å². The Morgan fingerprint density at radius 3 is 2.41 bits per heavy atom. The quantitative estimate of drug-likeness (QED) is 0.574. The van der Waals surface area contributed by atoms with Crippen molar-refractivity contribution in [1.82, 2.24) is 14.3 Å². The van der Waals surface area contributed by atoms with Crippen LogP contribution in [0.25, 0.3) is 11.3 Å². The second-order valence-electron chi connectivity index (χ2n) is 8.75. The molecule has 34 heavy (non-hydrogen) atoms. The van der Waals surface area contributed by atoms with Crippen molar-refractivity contribution in [1.29, 1.82) is 0 Å². The van der Waals surface area contributed by atoms with E-state index < -0.39 is 10.0 Å². The van der Waals surface area contributed by atoms with Crippen LogP contribution in [0, 0.1) is 0 Å². The standard InChI is InChI=1S/C25H27N5O3S/c1-18-14-21-15-22(8-9-24(21)30(18)19(2)31)34(32,33)29-12-10-28(11-13-29)25-16-23(26-17-27-25)20-6-4-3-5-7-20/h3-9,15-18H,10-14H2,1-2H3. The highest BCUT2D eigenvalue weighted by atomic mass is 32.2. The first kappa shape index (κ1) is 22.5. The molecule has 0 aliphatic carbocycles. The number of nitrogens with zero attached hydrogens (tertiary/aromatic N) is 5. The predicted octanol–water partition coefficient (Wildman–Crippen LogP) is 2.95. The second kappa shape index (κ2) is 8.81. The molecule has 5 rings (SSSR count). The van der Waals surface area contributed by atoms with Gasteiger partial charge in [0.15, 0.2) is 0 Å². The van der Waals surface area contributed by atoms with Crippen LogP contribution in [-0.4, -0.2) is 60.8 Å². The minimum atomic E-state index is -3.63. The van der Waals surface area contributed by atoms with Crippen molar-refractivity contribution in [2.75, 3.05) is 36.0 Å². The van der Waals surface area contributed by atoms with Crippen molar-refractivity contribution in [3.8, 4) is 11.3 Å². The van der Waals surface area contributed by atoms with Gasteiger partial charge in [-0.2, -0.15) is 4.31 Å². The number of hydrogen-bond donors (Lipinski definition) is 0. The van der Waals surface area contributed by atoms with Crippen LogP contribution in [-0.2, 0) is 21.2 Å². The molecule has 0 N–H and O–H groups in total. The first-order valence-electron chi connectivity index (χ1n) is 11.4. The van der Waals surface area contributed by atoms with Crippen molar-refractivity contribution >= 4 is 27.4 Å². The molecule has 1 fully saturated rings. The number of anilines is 2. The zero-order chi connectivity index (χ0) is 23.9. The lowest BCUT2D eigenvalue weighted by Gasteiger charge is -2.34. The zero-order valence-corrected chi connectivity index (χ0v) is 20.1. The number of aromatic nitrogens is 2. The maximum Gasteiger partial charge on any atom is 0.243 e. The summed E-state index contributed by atoms with van der Waals surface area (Å²) in [5, 5.41) is 0. The SMILES string of the molecule is CC(=O)N1c2ccc(S(=O)(=O)N3CCN(c4cc(-c5ccccc5)ncn4)CC3)cc2CC1C. The minimum Gasteiger partial charge on any atom is -0.354 e. The summed E-state index contributed by atoms with van der Waals surface area (Å²) in [5.41, 5.74) is 3.56. The van der Waals surface area contributed by atoms with Crippen molar-refractivity contribution in [2.24, 2.45) is 0 Å². The van der Waals surface area contributed by atoms with Crippen LogP contribution in [0.1, 0.15) is 19.4 Å². The van der Waals surface area contributed by atoms with Gasteiger partial charge in [0.25, 0.3) is 0 Å². The Labute approximate surface area is 199 Å². The molecule has 3 aromatic rings. The van der Waals surface area contributed by atoms with Crippen molar-refractivity contribution in [2.45, 2.75) is 31.2 Å². The van der Waals surface area contributed by atoms with E-state index in [9.17, 15) is 13.2 Å². The van der Waals surface area contributed by atoms with Crippen LogP contribution in [0.15, 0.2) is 65.8 Å². The molecule has 0 saturated carbocycles. The number of piperazine rings is 1. The summed E-state index contributed by atoms with van der Waals surface area (Å²) in [7, 11) is -3.63. The molecule has 2 aromatic carbocycles. The van der Waals surface area contributed by atoms with Gasteiger partial charge in [0, 0.05) is 56.5 Å². The number of amides is 1. The number of carbonyl (C=O) groups excluding carboxylic acids is 1. The average Bonchev–Trinajstić information content (AvgIpc) is 3.20. The van der Waals surface area contributed by atoms with Gasteiger partial charge in [0.2, 0.25) is 15.9 Å². The summed E-state index contributed by atoms with van der Waals surface area (Å²) in [6.45, 7) is 5.36. The van der Waals surface area contributed by atoms with Gasteiger partial charge in [-0.3, -0.25) is 4.79 Å². The van der Waals surface area contributed by atoms with Gasteiger partial charge in [-0.05, 0) is 37.1 Å². The molecule has 3 heterocycles. The van der Waals surface area contributed by atoms with E-state index in [2.05, 4.69) is 14.9 Å². The second-order valence-corrected chi connectivity index (χ2v) is 10.7. The lowest BCUT2D eigenvalue weighted by Crippen LogP contribution is -2.48. The maximum atomic E-state index is 13.4. The Bertz CT molecular complexity index is 1320. The number of hydrogen-bond acceptors (Lipinski definition) is 6. The fourth-order valence-electron chi connectivity index (χ4n) is 4.84. The zero-order valence-electron chi connectivity index (χ0n) is 19.3. The number of rotatable bonds is 4. The third-order valence-electron chi connectivity index (χ3n) is 6.53. The fraction of sp³-hybridized carbons (Fsp3) is 0.320. The lowest BCUT2D eigenvalue weighted by molar-refractivity contribution is -0.116. The van der Waals surface area contributed by atoms with E-state index in [1.54, 1.807) is 29.4 Å². The summed E-state index contributed by atoms with van der Waals surface area (Å²) in [6, 6.07) is 17.0. The van der Waals surface area contributed by atoms with Crippen LogP contribution in [0.5, 0.6) is 0 Å². The van der Waals surface area contributed by atoms with E-state index in [1.165, 1.54) is 11.2 Å². The van der Waals surface area contributed by atoms with Gasteiger partial charge in [-0.25, -0.2) is 18.4 Å². The first-order valence-corrected chi connectivity index (χ1v) is 12.8. The molecule has 1 aromatic heterocycles. The first-order chi connectivity index (χ1) is 16.3. The fourth-order valence-corrected chi connectivity index (χ4v) is 6.31. The number of sulfonamides is 1. The Balaban J connectivity index is 1.31. The molecule has 176 valence electrons. The normalized spacial score (nSPS) is 18.7. The Hall–Kier alpha value is -3.30. The van der Waals surface area contributed by atoms with E-state index in [-0.39, 0.29) is 16.8 Å². The highest BCUT2D eigenvalue weighted by Gasteiger charge is 2.33. The molecular weight excluding hydrogens is 450 g/mol. The van der Waals surface area contributed by atoms with Gasteiger partial charge in [0.1, 0.15) is 12.1 Å². The molecule has 0 bridgehead atoms. The molecule has 0 radical (unpaired) electrons. The van der Waals surface area contributed by atoms with Crippen molar-refractivity contribution in [3.05, 3.63) is 66.5 Å². The molecule has 8 nitrogen and oxygen atoms in total. The Morgan fingerprint density at radius 1 is 0.971 bits per heavy atom. The number of carbonyl (C=O) groups is 1. The Kier molecular flexibility index (Phi) is 5.83.